The topological polar surface area (TPSA) is 12.0 Å². The van der Waals surface area contributed by atoms with Crippen LogP contribution in [-0.2, 0) is 6.42 Å². The molecule has 1 aromatic carbocycles. The summed E-state index contributed by atoms with van der Waals surface area (Å²) in [5.74, 6) is -0.931. The van der Waals surface area contributed by atoms with Crippen molar-refractivity contribution in [2.24, 2.45) is 5.41 Å². The first-order valence-electron chi connectivity index (χ1n) is 7.79. The Bertz CT molecular complexity index is 405. The van der Waals surface area contributed by atoms with Gasteiger partial charge in [0.25, 0.3) is 0 Å². The van der Waals surface area contributed by atoms with E-state index in [9.17, 15) is 8.78 Å². The highest BCUT2D eigenvalue weighted by molar-refractivity contribution is 5.20. The van der Waals surface area contributed by atoms with Gasteiger partial charge < -0.3 is 5.32 Å². The van der Waals surface area contributed by atoms with Crippen molar-refractivity contribution in [1.82, 2.24) is 5.32 Å². The molecule has 0 aliphatic heterocycles. The Hall–Kier alpha value is -0.960. The third kappa shape index (κ3) is 4.27. The number of halogens is 2. The molecule has 2 rings (SSSR count). The second-order valence-corrected chi connectivity index (χ2v) is 6.19. The third-order valence-corrected chi connectivity index (χ3v) is 4.34. The van der Waals surface area contributed by atoms with E-state index < -0.39 is 11.6 Å². The second kappa shape index (κ2) is 7.16. The van der Waals surface area contributed by atoms with E-state index in [1.165, 1.54) is 31.4 Å². The average molecular weight is 281 g/mol. The smallest absolute Gasteiger partial charge is 0.126 e. The van der Waals surface area contributed by atoms with Gasteiger partial charge in [-0.1, -0.05) is 26.2 Å². The minimum absolute atomic E-state index is 0.174. The quantitative estimate of drug-likeness (QED) is 0.759. The van der Waals surface area contributed by atoms with Crippen LogP contribution in [0, 0.1) is 17.0 Å². The molecular weight excluding hydrogens is 256 g/mol. The van der Waals surface area contributed by atoms with Crippen LogP contribution in [0.25, 0.3) is 0 Å². The summed E-state index contributed by atoms with van der Waals surface area (Å²) in [6.07, 6.45) is 7.94. The molecule has 1 N–H and O–H groups in total. The second-order valence-electron chi connectivity index (χ2n) is 6.19. The van der Waals surface area contributed by atoms with E-state index in [0.29, 0.717) is 0 Å². The molecule has 0 amide bonds. The van der Waals surface area contributed by atoms with Crippen LogP contribution in [0.15, 0.2) is 18.2 Å². The predicted molar refractivity (Wildman–Crippen MR) is 78.7 cm³/mol. The molecular formula is C17H25F2N. The summed E-state index contributed by atoms with van der Waals surface area (Å²) in [5, 5.41) is 3.51. The van der Waals surface area contributed by atoms with Crippen molar-refractivity contribution < 1.29 is 8.78 Å². The normalized spacial score (nSPS) is 18.1. The number of rotatable bonds is 6. The minimum atomic E-state index is -0.465. The van der Waals surface area contributed by atoms with Crippen molar-refractivity contribution in [2.45, 2.75) is 51.9 Å². The summed E-state index contributed by atoms with van der Waals surface area (Å²) in [4.78, 5) is 0. The molecule has 1 saturated carbocycles. The molecule has 112 valence electrons. The van der Waals surface area contributed by atoms with Crippen LogP contribution in [0.4, 0.5) is 8.78 Å². The van der Waals surface area contributed by atoms with E-state index in [1.807, 2.05) is 0 Å². The lowest BCUT2D eigenvalue weighted by atomic mass is 9.70. The molecule has 1 aromatic rings. The Morgan fingerprint density at radius 1 is 1.05 bits per heavy atom. The summed E-state index contributed by atoms with van der Waals surface area (Å²) in [7, 11) is 0. The maximum absolute atomic E-state index is 13.4. The standard InChI is InChI=1S/C17H25F2N/c1-2-8-20-13-17(6-4-3-5-7-17)12-14-9-15(18)11-16(19)10-14/h9-11,20H,2-8,12-13H2,1H3. The predicted octanol–water partition coefficient (Wildman–Crippen LogP) is 4.46. The lowest BCUT2D eigenvalue weighted by molar-refractivity contribution is 0.181. The van der Waals surface area contributed by atoms with Gasteiger partial charge in [-0.25, -0.2) is 8.78 Å². The van der Waals surface area contributed by atoms with Gasteiger partial charge in [-0.3, -0.25) is 0 Å². The molecule has 1 aliphatic carbocycles. The average Bonchev–Trinajstić information content (AvgIpc) is 2.38. The van der Waals surface area contributed by atoms with E-state index in [-0.39, 0.29) is 5.41 Å². The summed E-state index contributed by atoms with van der Waals surface area (Å²) in [6.45, 7) is 4.13. The zero-order valence-electron chi connectivity index (χ0n) is 12.4. The molecule has 0 radical (unpaired) electrons. The van der Waals surface area contributed by atoms with Gasteiger partial charge in [0.05, 0.1) is 0 Å². The van der Waals surface area contributed by atoms with Gasteiger partial charge in [-0.05, 0) is 55.3 Å². The minimum Gasteiger partial charge on any atom is -0.316 e. The van der Waals surface area contributed by atoms with Gasteiger partial charge in [0.15, 0.2) is 0 Å². The molecule has 1 aliphatic rings. The van der Waals surface area contributed by atoms with E-state index in [4.69, 9.17) is 0 Å². The summed E-state index contributed by atoms with van der Waals surface area (Å²) < 4.78 is 26.7. The van der Waals surface area contributed by atoms with Crippen molar-refractivity contribution in [3.8, 4) is 0 Å². The van der Waals surface area contributed by atoms with E-state index in [0.717, 1.165) is 50.4 Å². The number of hydrogen-bond donors (Lipinski definition) is 1. The Morgan fingerprint density at radius 2 is 1.70 bits per heavy atom. The van der Waals surface area contributed by atoms with Crippen molar-refractivity contribution in [1.29, 1.82) is 0 Å². The first-order valence-corrected chi connectivity index (χ1v) is 7.79. The number of benzene rings is 1. The van der Waals surface area contributed by atoms with Crippen LogP contribution in [0.5, 0.6) is 0 Å². The lowest BCUT2D eigenvalue weighted by Gasteiger charge is -2.38. The van der Waals surface area contributed by atoms with Crippen LogP contribution in [0.2, 0.25) is 0 Å². The number of nitrogens with one attached hydrogen (secondary N) is 1. The van der Waals surface area contributed by atoms with Crippen LogP contribution in [-0.4, -0.2) is 13.1 Å². The van der Waals surface area contributed by atoms with Gasteiger partial charge in [-0.2, -0.15) is 0 Å². The van der Waals surface area contributed by atoms with Gasteiger partial charge in [-0.15, -0.1) is 0 Å². The highest BCUT2D eigenvalue weighted by Gasteiger charge is 2.32. The van der Waals surface area contributed by atoms with Gasteiger partial charge >= 0.3 is 0 Å². The van der Waals surface area contributed by atoms with E-state index in [1.54, 1.807) is 0 Å². The monoisotopic (exact) mass is 281 g/mol. The molecule has 0 aromatic heterocycles. The first-order chi connectivity index (χ1) is 9.63. The van der Waals surface area contributed by atoms with Gasteiger partial charge in [0.2, 0.25) is 0 Å². The largest absolute Gasteiger partial charge is 0.316 e. The third-order valence-electron chi connectivity index (χ3n) is 4.34. The molecule has 0 spiro atoms. The van der Waals surface area contributed by atoms with Crippen molar-refractivity contribution in [2.75, 3.05) is 13.1 Å². The highest BCUT2D eigenvalue weighted by atomic mass is 19.1. The maximum atomic E-state index is 13.4. The highest BCUT2D eigenvalue weighted by Crippen LogP contribution is 2.39. The number of hydrogen-bond acceptors (Lipinski definition) is 1. The van der Waals surface area contributed by atoms with Crippen molar-refractivity contribution >= 4 is 0 Å². The molecule has 0 atom stereocenters. The Kier molecular flexibility index (Phi) is 5.53. The van der Waals surface area contributed by atoms with Crippen molar-refractivity contribution in [3.05, 3.63) is 35.4 Å². The van der Waals surface area contributed by atoms with E-state index >= 15 is 0 Å². The Labute approximate surface area is 120 Å². The van der Waals surface area contributed by atoms with Gasteiger partial charge in [0.1, 0.15) is 11.6 Å². The SMILES string of the molecule is CCCNCC1(Cc2cc(F)cc(F)c2)CCCCC1. The molecule has 1 nitrogen and oxygen atoms in total. The summed E-state index contributed by atoms with van der Waals surface area (Å²) in [6, 6.07) is 3.92. The molecule has 0 saturated heterocycles. The fourth-order valence-electron chi connectivity index (χ4n) is 3.39. The Balaban J connectivity index is 2.09. The van der Waals surface area contributed by atoms with Crippen LogP contribution in [0.3, 0.4) is 0 Å². The van der Waals surface area contributed by atoms with Crippen molar-refractivity contribution in [3.63, 3.8) is 0 Å². The maximum Gasteiger partial charge on any atom is 0.126 e. The molecule has 0 heterocycles. The Morgan fingerprint density at radius 3 is 2.30 bits per heavy atom. The van der Waals surface area contributed by atoms with Crippen LogP contribution in [0.1, 0.15) is 51.0 Å². The summed E-state index contributed by atoms with van der Waals surface area (Å²) >= 11 is 0. The molecule has 3 heteroatoms. The zero-order chi connectivity index (χ0) is 14.4. The zero-order valence-corrected chi connectivity index (χ0v) is 12.4. The molecule has 1 fully saturated rings. The van der Waals surface area contributed by atoms with E-state index in [2.05, 4.69) is 12.2 Å². The molecule has 0 unspecified atom stereocenters. The summed E-state index contributed by atoms with van der Waals surface area (Å²) in [5.41, 5.74) is 0.968. The fraction of sp³-hybridized carbons (Fsp3) is 0.647. The fourth-order valence-corrected chi connectivity index (χ4v) is 3.39. The first kappa shape index (κ1) is 15.4. The van der Waals surface area contributed by atoms with Crippen LogP contribution < -0.4 is 5.32 Å². The molecule has 20 heavy (non-hydrogen) atoms. The molecule has 0 bridgehead atoms. The van der Waals surface area contributed by atoms with Crippen LogP contribution >= 0.6 is 0 Å². The van der Waals surface area contributed by atoms with Gasteiger partial charge in [0, 0.05) is 12.6 Å². The lowest BCUT2D eigenvalue weighted by Crippen LogP contribution is -2.38.